The van der Waals surface area contributed by atoms with Gasteiger partial charge in [0.05, 0.1) is 6.54 Å². The van der Waals surface area contributed by atoms with E-state index < -0.39 is 17.2 Å². The highest BCUT2D eigenvalue weighted by atomic mass is 16.6. The van der Waals surface area contributed by atoms with Crippen LogP contribution in [0, 0.1) is 12.3 Å². The highest BCUT2D eigenvalue weighted by Crippen LogP contribution is 2.38. The Morgan fingerprint density at radius 2 is 2.00 bits per heavy atom. The zero-order valence-corrected chi connectivity index (χ0v) is 18.2. The maximum Gasteiger partial charge on any atom is 0.412 e. The number of nitrogens with one attached hydrogen (secondary N) is 1. The van der Waals surface area contributed by atoms with Gasteiger partial charge in [0.1, 0.15) is 5.75 Å². The van der Waals surface area contributed by atoms with Crippen molar-refractivity contribution in [3.8, 4) is 18.1 Å². The molecule has 0 saturated carbocycles. The van der Waals surface area contributed by atoms with Gasteiger partial charge in [-0.15, -0.1) is 6.42 Å². The normalized spacial score (nSPS) is 23.4. The third-order valence-corrected chi connectivity index (χ3v) is 6.21. The number of carbonyl (C=O) groups excluding carboxylic acids is 1. The summed E-state index contributed by atoms with van der Waals surface area (Å²) < 4.78 is 5.61. The topological polar surface area (TPSA) is 65.0 Å². The second-order valence-corrected chi connectivity index (χ2v) is 9.61. The van der Waals surface area contributed by atoms with Crippen molar-refractivity contribution in [3.63, 3.8) is 0 Å². The van der Waals surface area contributed by atoms with E-state index in [2.05, 4.69) is 16.1 Å². The Balaban J connectivity index is 1.66. The molecule has 29 heavy (non-hydrogen) atoms. The fraction of sp³-hybridized carbons (Fsp3) is 0.609. The van der Waals surface area contributed by atoms with E-state index in [0.717, 1.165) is 12.8 Å². The number of amides is 1. The number of fused-ring (bicyclic) bond motifs is 1. The van der Waals surface area contributed by atoms with Gasteiger partial charge < -0.3 is 15.3 Å². The number of terminal acetylenes is 1. The fourth-order valence-electron chi connectivity index (χ4n) is 5.01. The summed E-state index contributed by atoms with van der Waals surface area (Å²) in [6, 6.07) is 6.04. The van der Waals surface area contributed by atoms with Crippen LogP contribution in [-0.4, -0.2) is 52.0 Å². The van der Waals surface area contributed by atoms with Crippen LogP contribution in [-0.2, 0) is 6.42 Å². The van der Waals surface area contributed by atoms with E-state index >= 15 is 0 Å². The molecule has 2 N–H and O–H groups in total. The lowest BCUT2D eigenvalue weighted by Gasteiger charge is -2.51. The first-order valence-electron chi connectivity index (χ1n) is 10.3. The van der Waals surface area contributed by atoms with Crippen molar-refractivity contribution in [1.29, 1.82) is 0 Å². The molecule has 1 aromatic carbocycles. The summed E-state index contributed by atoms with van der Waals surface area (Å²) in [6.45, 7) is 8.48. The maximum absolute atomic E-state index is 12.6. The van der Waals surface area contributed by atoms with Crippen LogP contribution in [0.4, 0.5) is 4.79 Å². The lowest BCUT2D eigenvalue weighted by molar-refractivity contribution is -0.245. The van der Waals surface area contributed by atoms with E-state index in [-0.39, 0.29) is 12.1 Å². The molecule has 6 nitrogen and oxygen atoms in total. The third kappa shape index (κ3) is 4.58. The van der Waals surface area contributed by atoms with Crippen molar-refractivity contribution in [1.82, 2.24) is 15.3 Å². The Hall–Kier alpha value is -2.07. The van der Waals surface area contributed by atoms with Crippen molar-refractivity contribution in [2.45, 2.75) is 76.5 Å². The molecule has 1 saturated heterocycles. The second-order valence-electron chi connectivity index (χ2n) is 9.61. The summed E-state index contributed by atoms with van der Waals surface area (Å²) in [5.74, 6) is 3.24. The van der Waals surface area contributed by atoms with E-state index in [1.807, 2.05) is 52.9 Å². The van der Waals surface area contributed by atoms with Crippen LogP contribution in [0.15, 0.2) is 18.2 Å². The molecule has 0 aromatic heterocycles. The standard InChI is InChI=1S/C23H33N3O3/c1-7-12-25(6)20-11-9-16-8-10-18(13-19(16)20)29-21(27)24-17-14-22(2,3)26(28)23(4,5)15-17/h1,8,10,13,17,20,28H,9,11-12,14-15H2,2-6H3,(H,24,27). The van der Waals surface area contributed by atoms with Gasteiger partial charge in [-0.2, -0.15) is 5.06 Å². The summed E-state index contributed by atoms with van der Waals surface area (Å²) in [5, 5.41) is 14.8. The minimum Gasteiger partial charge on any atom is -0.410 e. The highest BCUT2D eigenvalue weighted by molar-refractivity contribution is 5.71. The van der Waals surface area contributed by atoms with Gasteiger partial charge in [-0.1, -0.05) is 12.0 Å². The van der Waals surface area contributed by atoms with Crippen LogP contribution in [0.2, 0.25) is 0 Å². The van der Waals surface area contributed by atoms with Gasteiger partial charge in [-0.05, 0) is 83.7 Å². The molecule has 1 atom stereocenters. The first-order valence-corrected chi connectivity index (χ1v) is 10.3. The minimum atomic E-state index is -0.459. The first kappa shape index (κ1) is 21.6. The van der Waals surface area contributed by atoms with Crippen LogP contribution < -0.4 is 10.1 Å². The molecular formula is C23H33N3O3. The molecular weight excluding hydrogens is 366 g/mol. The number of aryl methyl sites for hydroxylation is 1. The van der Waals surface area contributed by atoms with Gasteiger partial charge in [0.2, 0.25) is 0 Å². The molecule has 6 heteroatoms. The quantitative estimate of drug-likeness (QED) is 0.755. The Morgan fingerprint density at radius 3 is 2.62 bits per heavy atom. The number of carbonyl (C=O) groups is 1. The zero-order chi connectivity index (χ0) is 21.4. The molecule has 1 aromatic rings. The summed E-state index contributed by atoms with van der Waals surface area (Å²) in [6.07, 6.45) is 8.32. The highest BCUT2D eigenvalue weighted by Gasteiger charge is 2.45. The van der Waals surface area contributed by atoms with Crippen molar-refractivity contribution in [2.24, 2.45) is 0 Å². The van der Waals surface area contributed by atoms with Gasteiger partial charge in [0.15, 0.2) is 0 Å². The smallest absolute Gasteiger partial charge is 0.410 e. The van der Waals surface area contributed by atoms with E-state index in [1.54, 1.807) is 0 Å². The minimum absolute atomic E-state index is 0.0696. The number of rotatable bonds is 4. The van der Waals surface area contributed by atoms with E-state index in [9.17, 15) is 10.0 Å². The number of hydroxylamine groups is 2. The van der Waals surface area contributed by atoms with Crippen molar-refractivity contribution < 1.29 is 14.7 Å². The zero-order valence-electron chi connectivity index (χ0n) is 18.2. The summed E-state index contributed by atoms with van der Waals surface area (Å²) >= 11 is 0. The second kappa shape index (κ2) is 7.98. The number of benzene rings is 1. The lowest BCUT2D eigenvalue weighted by atomic mass is 9.79. The summed E-state index contributed by atoms with van der Waals surface area (Å²) in [4.78, 5) is 14.7. The molecule has 0 bridgehead atoms. The average molecular weight is 400 g/mol. The Bertz CT molecular complexity index is 794. The number of piperidine rings is 1. The lowest BCUT2D eigenvalue weighted by Crippen LogP contribution is -2.63. The van der Waals surface area contributed by atoms with E-state index in [0.29, 0.717) is 25.1 Å². The van der Waals surface area contributed by atoms with Crippen LogP contribution in [0.1, 0.15) is 64.1 Å². The van der Waals surface area contributed by atoms with Crippen LogP contribution in [0.5, 0.6) is 5.75 Å². The molecule has 1 heterocycles. The summed E-state index contributed by atoms with van der Waals surface area (Å²) in [7, 11) is 2.02. The Labute approximate surface area is 174 Å². The maximum atomic E-state index is 12.6. The van der Waals surface area contributed by atoms with Gasteiger partial charge in [-0.3, -0.25) is 4.90 Å². The monoisotopic (exact) mass is 399 g/mol. The Morgan fingerprint density at radius 1 is 1.34 bits per heavy atom. The molecule has 1 amide bonds. The number of nitrogens with zero attached hydrogens (tertiary/aromatic N) is 2. The molecule has 158 valence electrons. The van der Waals surface area contributed by atoms with E-state index in [1.165, 1.54) is 16.2 Å². The van der Waals surface area contributed by atoms with E-state index in [4.69, 9.17) is 11.2 Å². The SMILES string of the molecule is C#CCN(C)C1CCc2ccc(OC(=O)NC3CC(C)(C)N(O)C(C)(C)C3)cc21. The number of hydrogen-bond donors (Lipinski definition) is 2. The summed E-state index contributed by atoms with van der Waals surface area (Å²) in [5.41, 5.74) is 1.61. The predicted molar refractivity (Wildman–Crippen MR) is 113 cm³/mol. The first-order chi connectivity index (χ1) is 13.5. The van der Waals surface area contributed by atoms with Crippen molar-refractivity contribution in [2.75, 3.05) is 13.6 Å². The molecule has 1 fully saturated rings. The van der Waals surface area contributed by atoms with Crippen LogP contribution in [0.25, 0.3) is 0 Å². The van der Waals surface area contributed by atoms with Gasteiger partial charge in [0, 0.05) is 23.2 Å². The van der Waals surface area contributed by atoms with Crippen LogP contribution in [0.3, 0.4) is 0 Å². The van der Waals surface area contributed by atoms with Crippen LogP contribution >= 0.6 is 0 Å². The molecule has 0 spiro atoms. The van der Waals surface area contributed by atoms with Gasteiger partial charge in [0.25, 0.3) is 0 Å². The van der Waals surface area contributed by atoms with Crippen molar-refractivity contribution >= 4 is 6.09 Å². The third-order valence-electron chi connectivity index (χ3n) is 6.21. The molecule has 3 rings (SSSR count). The Kier molecular flexibility index (Phi) is 5.96. The average Bonchev–Trinajstić information content (AvgIpc) is 3.02. The van der Waals surface area contributed by atoms with Gasteiger partial charge >= 0.3 is 6.09 Å². The molecule has 1 unspecified atom stereocenters. The number of ether oxygens (including phenoxy) is 1. The van der Waals surface area contributed by atoms with Crippen molar-refractivity contribution in [3.05, 3.63) is 29.3 Å². The molecule has 1 aliphatic heterocycles. The molecule has 2 aliphatic rings. The largest absolute Gasteiger partial charge is 0.412 e. The molecule has 1 aliphatic carbocycles. The van der Waals surface area contributed by atoms with Gasteiger partial charge in [-0.25, -0.2) is 4.79 Å². The fourth-order valence-corrected chi connectivity index (χ4v) is 5.01. The predicted octanol–water partition coefficient (Wildman–Crippen LogP) is 3.74. The number of hydrogen-bond acceptors (Lipinski definition) is 5. The molecule has 0 radical (unpaired) electrons.